The molecule has 1 aromatic carbocycles. The van der Waals surface area contributed by atoms with Crippen LogP contribution in [0.15, 0.2) is 59.8 Å². The molecular formula is C20H24N6S. The minimum atomic E-state index is 0.599. The van der Waals surface area contributed by atoms with E-state index >= 15 is 0 Å². The number of hydrogen-bond acceptors (Lipinski definition) is 7. The van der Waals surface area contributed by atoms with E-state index in [9.17, 15) is 0 Å². The Labute approximate surface area is 164 Å². The fourth-order valence-corrected chi connectivity index (χ4v) is 2.95. The predicted octanol–water partition coefficient (Wildman–Crippen LogP) is 3.98. The molecular weight excluding hydrogens is 356 g/mol. The number of nitrogens with zero attached hydrogens (tertiary/aromatic N) is 4. The highest BCUT2D eigenvalue weighted by molar-refractivity contribution is 7.98. The predicted molar refractivity (Wildman–Crippen MR) is 114 cm³/mol. The van der Waals surface area contributed by atoms with Gasteiger partial charge in [0.15, 0.2) is 0 Å². The molecule has 0 bridgehead atoms. The molecule has 0 aliphatic rings. The molecule has 2 N–H and O–H groups in total. The van der Waals surface area contributed by atoms with E-state index in [0.29, 0.717) is 5.95 Å². The van der Waals surface area contributed by atoms with Crippen molar-refractivity contribution in [1.29, 1.82) is 0 Å². The maximum Gasteiger partial charge on any atom is 0.225 e. The van der Waals surface area contributed by atoms with E-state index in [1.54, 1.807) is 18.0 Å². The lowest BCUT2D eigenvalue weighted by molar-refractivity contribution is 0.425. The number of anilines is 3. The van der Waals surface area contributed by atoms with Gasteiger partial charge in [-0.2, -0.15) is 4.98 Å². The molecule has 0 spiro atoms. The van der Waals surface area contributed by atoms with Crippen LogP contribution in [0.2, 0.25) is 0 Å². The molecule has 2 aromatic heterocycles. The summed E-state index contributed by atoms with van der Waals surface area (Å²) in [5.41, 5.74) is 2.78. The molecule has 0 aliphatic carbocycles. The number of thioether (sulfide) groups is 1. The van der Waals surface area contributed by atoms with Crippen LogP contribution in [-0.2, 0) is 0 Å². The smallest absolute Gasteiger partial charge is 0.225 e. The second kappa shape index (κ2) is 9.34. The number of rotatable bonds is 8. The van der Waals surface area contributed by atoms with Crippen LogP contribution < -0.4 is 10.6 Å². The van der Waals surface area contributed by atoms with Crippen LogP contribution in [0.25, 0.3) is 11.3 Å². The van der Waals surface area contributed by atoms with Crippen LogP contribution in [0.5, 0.6) is 0 Å². The Morgan fingerprint density at radius 2 is 1.96 bits per heavy atom. The highest BCUT2D eigenvalue weighted by Crippen LogP contribution is 2.25. The van der Waals surface area contributed by atoms with Gasteiger partial charge in [0.2, 0.25) is 5.95 Å². The third-order valence-electron chi connectivity index (χ3n) is 3.87. The van der Waals surface area contributed by atoms with Gasteiger partial charge in [0.1, 0.15) is 5.82 Å². The number of hydrogen-bond donors (Lipinski definition) is 2. The molecule has 27 heavy (non-hydrogen) atoms. The van der Waals surface area contributed by atoms with E-state index in [-0.39, 0.29) is 0 Å². The topological polar surface area (TPSA) is 66.0 Å². The summed E-state index contributed by atoms with van der Waals surface area (Å²) in [4.78, 5) is 16.8. The van der Waals surface area contributed by atoms with Crippen molar-refractivity contribution in [3.05, 3.63) is 54.9 Å². The Balaban J connectivity index is 1.88. The average molecular weight is 381 g/mol. The number of likely N-dealkylation sites (N-methyl/N-ethyl adjacent to an activating group) is 1. The van der Waals surface area contributed by atoms with Crippen molar-refractivity contribution < 1.29 is 0 Å². The van der Waals surface area contributed by atoms with Gasteiger partial charge in [-0.3, -0.25) is 4.98 Å². The lowest BCUT2D eigenvalue weighted by atomic mass is 10.2. The lowest BCUT2D eigenvalue weighted by Gasteiger charge is -2.13. The number of aromatic nitrogens is 3. The first-order valence-electron chi connectivity index (χ1n) is 8.73. The molecule has 140 valence electrons. The maximum absolute atomic E-state index is 4.65. The summed E-state index contributed by atoms with van der Waals surface area (Å²) in [6.45, 7) is 1.67. The van der Waals surface area contributed by atoms with Crippen molar-refractivity contribution in [1.82, 2.24) is 19.9 Å². The van der Waals surface area contributed by atoms with Crippen LogP contribution >= 0.6 is 11.8 Å². The summed E-state index contributed by atoms with van der Waals surface area (Å²) in [6.07, 6.45) is 5.63. The van der Waals surface area contributed by atoms with Crippen molar-refractivity contribution >= 4 is 29.2 Å². The molecule has 7 heteroatoms. The Hall–Kier alpha value is -2.64. The molecule has 0 amide bonds. The first kappa shape index (κ1) is 19.1. The van der Waals surface area contributed by atoms with Crippen LogP contribution in [0.1, 0.15) is 0 Å². The molecule has 0 atom stereocenters. The van der Waals surface area contributed by atoms with Crippen molar-refractivity contribution in [2.75, 3.05) is 44.1 Å². The molecule has 0 unspecified atom stereocenters. The largest absolute Gasteiger partial charge is 0.353 e. The monoisotopic (exact) mass is 380 g/mol. The van der Waals surface area contributed by atoms with Gasteiger partial charge in [-0.25, -0.2) is 4.98 Å². The minimum absolute atomic E-state index is 0.599. The van der Waals surface area contributed by atoms with E-state index in [4.69, 9.17) is 0 Å². The Bertz CT molecular complexity index is 869. The van der Waals surface area contributed by atoms with Gasteiger partial charge in [-0.1, -0.05) is 6.07 Å². The Kier molecular flexibility index (Phi) is 6.62. The second-order valence-corrected chi connectivity index (χ2v) is 7.17. The zero-order valence-electron chi connectivity index (χ0n) is 15.8. The fourth-order valence-electron chi connectivity index (χ4n) is 2.49. The van der Waals surface area contributed by atoms with Gasteiger partial charge in [0.25, 0.3) is 0 Å². The summed E-state index contributed by atoms with van der Waals surface area (Å²) in [7, 11) is 4.08. The van der Waals surface area contributed by atoms with E-state index in [1.165, 1.54) is 4.90 Å². The van der Waals surface area contributed by atoms with E-state index in [0.717, 1.165) is 35.9 Å². The highest BCUT2D eigenvalue weighted by atomic mass is 32.2. The van der Waals surface area contributed by atoms with Gasteiger partial charge in [0, 0.05) is 47.7 Å². The highest BCUT2D eigenvalue weighted by Gasteiger charge is 2.08. The first-order chi connectivity index (χ1) is 13.1. The summed E-state index contributed by atoms with van der Waals surface area (Å²) in [5.74, 6) is 1.34. The zero-order chi connectivity index (χ0) is 19.1. The molecule has 3 aromatic rings. The SMILES string of the molecule is CSc1cccc(Nc2cc(-c3cccnc3)nc(NCCN(C)C)n2)c1. The molecule has 0 saturated heterocycles. The Morgan fingerprint density at radius 3 is 2.70 bits per heavy atom. The minimum Gasteiger partial charge on any atom is -0.353 e. The standard InChI is InChI=1S/C20H24N6S/c1-26(2)11-10-22-20-24-18(15-6-5-9-21-14-15)13-19(25-20)23-16-7-4-8-17(12-16)27-3/h4-9,12-14H,10-11H2,1-3H3,(H2,22,23,24,25). The van der Waals surface area contributed by atoms with Crippen LogP contribution in [0.4, 0.5) is 17.5 Å². The van der Waals surface area contributed by atoms with Crippen LogP contribution in [0.3, 0.4) is 0 Å². The average Bonchev–Trinajstić information content (AvgIpc) is 2.68. The van der Waals surface area contributed by atoms with Crippen molar-refractivity contribution in [3.63, 3.8) is 0 Å². The molecule has 0 fully saturated rings. The molecule has 2 heterocycles. The first-order valence-corrected chi connectivity index (χ1v) is 9.95. The zero-order valence-corrected chi connectivity index (χ0v) is 16.6. The second-order valence-electron chi connectivity index (χ2n) is 6.29. The van der Waals surface area contributed by atoms with Crippen molar-refractivity contribution in [3.8, 4) is 11.3 Å². The third kappa shape index (κ3) is 5.67. The quantitative estimate of drug-likeness (QED) is 0.573. The van der Waals surface area contributed by atoms with E-state index in [1.807, 2.05) is 50.6 Å². The van der Waals surface area contributed by atoms with Gasteiger partial charge >= 0.3 is 0 Å². The van der Waals surface area contributed by atoms with E-state index < -0.39 is 0 Å². The normalized spacial score (nSPS) is 10.8. The maximum atomic E-state index is 4.65. The van der Waals surface area contributed by atoms with Crippen LogP contribution in [-0.4, -0.2) is 53.3 Å². The summed E-state index contributed by atoms with van der Waals surface area (Å²) < 4.78 is 0. The number of nitrogens with one attached hydrogen (secondary N) is 2. The number of benzene rings is 1. The summed E-state index contributed by atoms with van der Waals surface area (Å²) in [5, 5.41) is 6.70. The van der Waals surface area contributed by atoms with Crippen LogP contribution in [0, 0.1) is 0 Å². The van der Waals surface area contributed by atoms with Crippen molar-refractivity contribution in [2.24, 2.45) is 0 Å². The molecule has 0 aliphatic heterocycles. The van der Waals surface area contributed by atoms with Gasteiger partial charge in [-0.15, -0.1) is 11.8 Å². The van der Waals surface area contributed by atoms with Crippen molar-refractivity contribution in [2.45, 2.75) is 4.90 Å². The third-order valence-corrected chi connectivity index (χ3v) is 4.59. The van der Waals surface area contributed by atoms with Gasteiger partial charge in [-0.05, 0) is 50.7 Å². The molecule has 0 saturated carbocycles. The van der Waals surface area contributed by atoms with Gasteiger partial charge in [0.05, 0.1) is 5.69 Å². The molecule has 3 rings (SSSR count). The molecule has 6 nitrogen and oxygen atoms in total. The van der Waals surface area contributed by atoms with E-state index in [2.05, 4.69) is 48.9 Å². The van der Waals surface area contributed by atoms with Gasteiger partial charge < -0.3 is 15.5 Å². The number of pyridine rings is 1. The summed E-state index contributed by atoms with van der Waals surface area (Å²) >= 11 is 1.71. The summed E-state index contributed by atoms with van der Waals surface area (Å²) in [6, 6.07) is 14.1. The lowest BCUT2D eigenvalue weighted by Crippen LogP contribution is -2.21. The fraction of sp³-hybridized carbons (Fsp3) is 0.250. The molecule has 0 radical (unpaired) electrons. The Morgan fingerprint density at radius 1 is 1.07 bits per heavy atom.